The van der Waals surface area contributed by atoms with Crippen LogP contribution in [0.2, 0.25) is 0 Å². The molecule has 0 heterocycles. The van der Waals surface area contributed by atoms with Crippen molar-refractivity contribution in [1.29, 1.82) is 0 Å². The van der Waals surface area contributed by atoms with E-state index < -0.39 is 12.0 Å². The van der Waals surface area contributed by atoms with Crippen LogP contribution in [0, 0.1) is 0 Å². The van der Waals surface area contributed by atoms with Gasteiger partial charge in [-0.3, -0.25) is 14.9 Å². The van der Waals surface area contributed by atoms with Gasteiger partial charge in [-0.25, -0.2) is 0 Å². The van der Waals surface area contributed by atoms with E-state index in [2.05, 4.69) is 10.6 Å². The summed E-state index contributed by atoms with van der Waals surface area (Å²) in [6, 6.07) is 8.54. The quantitative estimate of drug-likeness (QED) is 0.587. The number of ether oxygens (including phenoxy) is 1. The standard InChI is InChI=1S/C13H18N2O4/c1-10(13(17)18)15-9-12(16)14-7-8-19-11-5-3-2-4-6-11/h2-6,10,15H,7-9H2,1H3,(H,14,16)(H,17,18)/t10-/m1/s1. The molecule has 19 heavy (non-hydrogen) atoms. The number of para-hydroxylation sites is 1. The molecule has 0 unspecified atom stereocenters. The molecule has 0 aliphatic rings. The Morgan fingerprint density at radius 1 is 1.32 bits per heavy atom. The summed E-state index contributed by atoms with van der Waals surface area (Å²) in [4.78, 5) is 21.9. The number of carbonyl (C=O) groups is 2. The van der Waals surface area contributed by atoms with Crippen LogP contribution in [0.4, 0.5) is 0 Å². The van der Waals surface area contributed by atoms with Gasteiger partial charge < -0.3 is 15.2 Å². The largest absolute Gasteiger partial charge is 0.492 e. The van der Waals surface area contributed by atoms with Crippen molar-refractivity contribution < 1.29 is 19.4 Å². The van der Waals surface area contributed by atoms with E-state index in [1.54, 1.807) is 0 Å². The summed E-state index contributed by atoms with van der Waals surface area (Å²) in [5, 5.41) is 13.8. The number of amides is 1. The maximum absolute atomic E-state index is 11.4. The molecular weight excluding hydrogens is 248 g/mol. The van der Waals surface area contributed by atoms with Gasteiger partial charge in [0.25, 0.3) is 0 Å². The first-order chi connectivity index (χ1) is 9.09. The molecule has 0 saturated carbocycles. The van der Waals surface area contributed by atoms with E-state index in [0.717, 1.165) is 5.75 Å². The SMILES string of the molecule is C[C@@H](NCC(=O)NCCOc1ccccc1)C(=O)O. The van der Waals surface area contributed by atoms with Crippen molar-refractivity contribution in [1.82, 2.24) is 10.6 Å². The Morgan fingerprint density at radius 3 is 2.63 bits per heavy atom. The second-order valence-corrected chi connectivity index (χ2v) is 3.95. The van der Waals surface area contributed by atoms with Crippen LogP contribution < -0.4 is 15.4 Å². The van der Waals surface area contributed by atoms with Gasteiger partial charge in [-0.1, -0.05) is 18.2 Å². The highest BCUT2D eigenvalue weighted by atomic mass is 16.5. The number of carbonyl (C=O) groups excluding carboxylic acids is 1. The van der Waals surface area contributed by atoms with Gasteiger partial charge in [0.2, 0.25) is 5.91 Å². The highest BCUT2D eigenvalue weighted by Gasteiger charge is 2.11. The highest BCUT2D eigenvalue weighted by Crippen LogP contribution is 2.07. The normalized spacial score (nSPS) is 11.6. The lowest BCUT2D eigenvalue weighted by molar-refractivity contribution is -0.139. The first-order valence-electron chi connectivity index (χ1n) is 6.00. The molecule has 0 aliphatic heterocycles. The van der Waals surface area contributed by atoms with Crippen molar-refractivity contribution in [3.8, 4) is 5.75 Å². The van der Waals surface area contributed by atoms with Crippen LogP contribution in [0.5, 0.6) is 5.75 Å². The minimum absolute atomic E-state index is 0.0290. The van der Waals surface area contributed by atoms with Gasteiger partial charge in [0, 0.05) is 0 Å². The van der Waals surface area contributed by atoms with Crippen LogP contribution in [0.15, 0.2) is 30.3 Å². The van der Waals surface area contributed by atoms with Gasteiger partial charge in [-0.15, -0.1) is 0 Å². The summed E-state index contributed by atoms with van der Waals surface area (Å²) in [6.45, 7) is 2.19. The van der Waals surface area contributed by atoms with E-state index in [1.807, 2.05) is 30.3 Å². The second-order valence-electron chi connectivity index (χ2n) is 3.95. The third-order valence-corrected chi connectivity index (χ3v) is 2.38. The van der Waals surface area contributed by atoms with Gasteiger partial charge in [0.15, 0.2) is 0 Å². The molecule has 0 radical (unpaired) electrons. The molecule has 0 spiro atoms. The van der Waals surface area contributed by atoms with Crippen molar-refractivity contribution in [3.63, 3.8) is 0 Å². The summed E-state index contributed by atoms with van der Waals surface area (Å²) in [5.41, 5.74) is 0. The van der Waals surface area contributed by atoms with Gasteiger partial charge in [0.1, 0.15) is 18.4 Å². The van der Waals surface area contributed by atoms with Crippen molar-refractivity contribution in [2.75, 3.05) is 19.7 Å². The van der Waals surface area contributed by atoms with E-state index in [0.29, 0.717) is 13.2 Å². The Balaban J connectivity index is 2.09. The van der Waals surface area contributed by atoms with Gasteiger partial charge in [-0.2, -0.15) is 0 Å². The highest BCUT2D eigenvalue weighted by molar-refractivity contribution is 5.79. The van der Waals surface area contributed by atoms with Crippen LogP contribution in [0.1, 0.15) is 6.92 Å². The van der Waals surface area contributed by atoms with Crippen LogP contribution >= 0.6 is 0 Å². The van der Waals surface area contributed by atoms with Gasteiger partial charge in [-0.05, 0) is 19.1 Å². The molecule has 0 aliphatic carbocycles. The van der Waals surface area contributed by atoms with E-state index >= 15 is 0 Å². The fourth-order valence-corrected chi connectivity index (χ4v) is 1.27. The third-order valence-electron chi connectivity index (χ3n) is 2.38. The van der Waals surface area contributed by atoms with E-state index in [9.17, 15) is 9.59 Å². The minimum atomic E-state index is -0.986. The van der Waals surface area contributed by atoms with Crippen LogP contribution in [0.3, 0.4) is 0 Å². The van der Waals surface area contributed by atoms with Crippen molar-refractivity contribution in [2.24, 2.45) is 0 Å². The molecule has 104 valence electrons. The number of nitrogens with one attached hydrogen (secondary N) is 2. The molecule has 0 fully saturated rings. The van der Waals surface area contributed by atoms with Crippen LogP contribution in [-0.2, 0) is 9.59 Å². The summed E-state index contributed by atoms with van der Waals surface area (Å²) in [5.74, 6) is -0.501. The zero-order valence-electron chi connectivity index (χ0n) is 10.8. The minimum Gasteiger partial charge on any atom is -0.492 e. The van der Waals surface area contributed by atoms with Gasteiger partial charge >= 0.3 is 5.97 Å². The summed E-state index contributed by atoms with van der Waals surface area (Å²) in [7, 11) is 0. The van der Waals surface area contributed by atoms with Crippen LogP contribution in [-0.4, -0.2) is 42.7 Å². The monoisotopic (exact) mass is 266 g/mol. The smallest absolute Gasteiger partial charge is 0.320 e. The summed E-state index contributed by atoms with van der Waals surface area (Å²) in [6.07, 6.45) is 0. The van der Waals surface area contributed by atoms with Crippen molar-refractivity contribution in [2.45, 2.75) is 13.0 Å². The Kier molecular flexibility index (Phi) is 6.38. The lowest BCUT2D eigenvalue weighted by Crippen LogP contribution is -2.42. The number of carboxylic acids is 1. The Bertz CT molecular complexity index is 408. The number of carboxylic acid groups (broad SMARTS) is 1. The third kappa shape index (κ3) is 6.42. The number of rotatable bonds is 8. The predicted octanol–water partition coefficient (Wildman–Crippen LogP) is 0.244. The summed E-state index contributed by atoms with van der Waals surface area (Å²) >= 11 is 0. The lowest BCUT2D eigenvalue weighted by atomic mass is 10.3. The molecule has 1 atom stereocenters. The Labute approximate surface area is 111 Å². The number of aliphatic carboxylic acids is 1. The predicted molar refractivity (Wildman–Crippen MR) is 70.0 cm³/mol. The number of hydrogen-bond acceptors (Lipinski definition) is 4. The molecule has 1 aromatic carbocycles. The molecular formula is C13H18N2O4. The molecule has 0 bridgehead atoms. The summed E-state index contributed by atoms with van der Waals surface area (Å²) < 4.78 is 5.39. The first-order valence-corrected chi connectivity index (χ1v) is 6.00. The topological polar surface area (TPSA) is 87.7 Å². The molecule has 1 rings (SSSR count). The Morgan fingerprint density at radius 2 is 2.00 bits per heavy atom. The molecule has 1 amide bonds. The van der Waals surface area contributed by atoms with Gasteiger partial charge in [0.05, 0.1) is 13.1 Å². The van der Waals surface area contributed by atoms with E-state index in [4.69, 9.17) is 9.84 Å². The molecule has 6 heteroatoms. The molecule has 0 aromatic heterocycles. The maximum atomic E-state index is 11.4. The molecule has 6 nitrogen and oxygen atoms in total. The average molecular weight is 266 g/mol. The van der Waals surface area contributed by atoms with E-state index in [1.165, 1.54) is 6.92 Å². The Hall–Kier alpha value is -2.08. The first kappa shape index (κ1) is 15.0. The molecule has 1 aromatic rings. The van der Waals surface area contributed by atoms with Crippen LogP contribution in [0.25, 0.3) is 0 Å². The van der Waals surface area contributed by atoms with E-state index in [-0.39, 0.29) is 12.5 Å². The maximum Gasteiger partial charge on any atom is 0.320 e. The second kappa shape index (κ2) is 8.10. The zero-order chi connectivity index (χ0) is 14.1. The van der Waals surface area contributed by atoms with Crippen molar-refractivity contribution in [3.05, 3.63) is 30.3 Å². The van der Waals surface area contributed by atoms with Crippen molar-refractivity contribution >= 4 is 11.9 Å². The fraction of sp³-hybridized carbons (Fsp3) is 0.385. The lowest BCUT2D eigenvalue weighted by Gasteiger charge is -2.10. The zero-order valence-corrected chi connectivity index (χ0v) is 10.8. The molecule has 0 saturated heterocycles. The average Bonchev–Trinajstić information content (AvgIpc) is 2.42. The number of hydrogen-bond donors (Lipinski definition) is 3. The fourth-order valence-electron chi connectivity index (χ4n) is 1.27. The number of benzene rings is 1. The molecule has 3 N–H and O–H groups in total.